The second kappa shape index (κ2) is 4.52. The number of aromatic nitrogens is 1. The molecule has 2 aromatic heterocycles. The van der Waals surface area contributed by atoms with Gasteiger partial charge < -0.3 is 4.42 Å². The summed E-state index contributed by atoms with van der Waals surface area (Å²) < 4.78 is 5.23. The van der Waals surface area contributed by atoms with Crippen LogP contribution < -0.4 is 0 Å². The normalized spacial score (nSPS) is 27.3. The summed E-state index contributed by atoms with van der Waals surface area (Å²) >= 11 is 0. The van der Waals surface area contributed by atoms with Gasteiger partial charge in [0, 0.05) is 23.6 Å². The molecule has 20 heavy (non-hydrogen) atoms. The van der Waals surface area contributed by atoms with Crippen LogP contribution in [-0.4, -0.2) is 41.1 Å². The van der Waals surface area contributed by atoms with Crippen molar-refractivity contribution in [2.75, 3.05) is 19.6 Å². The van der Waals surface area contributed by atoms with Gasteiger partial charge >= 0.3 is 0 Å². The van der Waals surface area contributed by atoms with E-state index in [1.54, 1.807) is 18.5 Å². The highest BCUT2D eigenvalue weighted by Gasteiger charge is 2.31. The zero-order valence-corrected chi connectivity index (χ0v) is 11.1. The van der Waals surface area contributed by atoms with Crippen molar-refractivity contribution in [3.8, 4) is 0 Å². The third-order valence-electron chi connectivity index (χ3n) is 4.25. The van der Waals surface area contributed by atoms with Gasteiger partial charge in [0.15, 0.2) is 5.58 Å². The molecule has 5 heteroatoms. The van der Waals surface area contributed by atoms with Crippen molar-refractivity contribution in [2.45, 2.75) is 12.8 Å². The minimum Gasteiger partial charge on any atom is -0.463 e. The molecule has 0 spiro atoms. The largest absolute Gasteiger partial charge is 0.463 e. The summed E-state index contributed by atoms with van der Waals surface area (Å²) in [6, 6.07) is 3.57. The number of furan rings is 1. The van der Waals surface area contributed by atoms with Gasteiger partial charge in [0.05, 0.1) is 12.5 Å². The van der Waals surface area contributed by atoms with E-state index in [-0.39, 0.29) is 5.91 Å². The van der Waals surface area contributed by atoms with Crippen molar-refractivity contribution >= 4 is 22.6 Å². The summed E-state index contributed by atoms with van der Waals surface area (Å²) in [6.07, 6.45) is 5.43. The lowest BCUT2D eigenvalue weighted by molar-refractivity contribution is 0.0994. The molecule has 0 saturated carbocycles. The zero-order valence-electron chi connectivity index (χ0n) is 11.1. The quantitative estimate of drug-likeness (QED) is 0.795. The van der Waals surface area contributed by atoms with Gasteiger partial charge in [0.2, 0.25) is 0 Å². The number of fused-ring (bicyclic) bond motifs is 4. The summed E-state index contributed by atoms with van der Waals surface area (Å²) in [5.74, 6) is 0.249. The molecule has 102 valence electrons. The van der Waals surface area contributed by atoms with Crippen molar-refractivity contribution in [3.63, 3.8) is 0 Å². The van der Waals surface area contributed by atoms with Crippen LogP contribution in [0.2, 0.25) is 0 Å². The van der Waals surface area contributed by atoms with Crippen LogP contribution >= 0.6 is 0 Å². The lowest BCUT2D eigenvalue weighted by Gasteiger charge is -2.39. The Labute approximate surface area is 116 Å². The number of piperidine rings is 3. The first kappa shape index (κ1) is 11.8. The number of rotatable bonds is 1. The van der Waals surface area contributed by atoms with Crippen molar-refractivity contribution in [2.24, 2.45) is 10.9 Å². The van der Waals surface area contributed by atoms with Crippen LogP contribution in [0.15, 0.2) is 34.0 Å². The van der Waals surface area contributed by atoms with E-state index < -0.39 is 0 Å². The fourth-order valence-corrected chi connectivity index (χ4v) is 3.08. The Morgan fingerprint density at radius 2 is 2.25 bits per heavy atom. The number of amides is 1. The fraction of sp³-hybridized carbons (Fsp3) is 0.400. The molecule has 3 saturated heterocycles. The Kier molecular flexibility index (Phi) is 2.67. The minimum atomic E-state index is -0.239. The van der Waals surface area contributed by atoms with Gasteiger partial charge in [-0.05, 0) is 38.1 Å². The number of pyridine rings is 1. The SMILES string of the molecule is O=C(/N=C1\CN2CCC1CC2)c1cc2ccoc2cn1. The first-order valence-corrected chi connectivity index (χ1v) is 6.97. The molecule has 0 radical (unpaired) electrons. The lowest BCUT2D eigenvalue weighted by Crippen LogP contribution is -2.48. The average Bonchev–Trinajstić information content (AvgIpc) is 2.96. The third-order valence-corrected chi connectivity index (χ3v) is 4.25. The predicted molar refractivity (Wildman–Crippen MR) is 74.9 cm³/mol. The molecule has 3 aliphatic rings. The monoisotopic (exact) mass is 269 g/mol. The van der Waals surface area contributed by atoms with Crippen molar-refractivity contribution in [1.29, 1.82) is 0 Å². The predicted octanol–water partition coefficient (Wildman–Crippen LogP) is 2.13. The highest BCUT2D eigenvalue weighted by Crippen LogP contribution is 2.25. The van der Waals surface area contributed by atoms with E-state index in [2.05, 4.69) is 14.9 Å². The second-order valence-electron chi connectivity index (χ2n) is 5.49. The Balaban J connectivity index is 1.63. The van der Waals surface area contributed by atoms with Crippen LogP contribution in [-0.2, 0) is 0 Å². The molecular weight excluding hydrogens is 254 g/mol. The molecule has 1 amide bonds. The smallest absolute Gasteiger partial charge is 0.295 e. The number of hydrogen-bond donors (Lipinski definition) is 0. The van der Waals surface area contributed by atoms with E-state index in [0.29, 0.717) is 17.2 Å². The maximum atomic E-state index is 12.3. The maximum absolute atomic E-state index is 12.3. The van der Waals surface area contributed by atoms with Crippen LogP contribution in [0, 0.1) is 5.92 Å². The van der Waals surface area contributed by atoms with Gasteiger partial charge in [-0.25, -0.2) is 9.98 Å². The van der Waals surface area contributed by atoms with Gasteiger partial charge in [0.1, 0.15) is 5.69 Å². The molecule has 0 aliphatic carbocycles. The molecule has 3 fully saturated rings. The van der Waals surface area contributed by atoms with Crippen LogP contribution in [0.1, 0.15) is 23.3 Å². The van der Waals surface area contributed by atoms with E-state index in [0.717, 1.165) is 43.6 Å². The first-order chi connectivity index (χ1) is 9.79. The van der Waals surface area contributed by atoms with Crippen LogP contribution in [0.25, 0.3) is 11.0 Å². The van der Waals surface area contributed by atoms with Crippen LogP contribution in [0.5, 0.6) is 0 Å². The van der Waals surface area contributed by atoms with E-state index in [1.807, 2.05) is 6.07 Å². The topological polar surface area (TPSA) is 58.7 Å². The molecule has 0 unspecified atom stereocenters. The number of aliphatic imine (C=N–C) groups is 1. The van der Waals surface area contributed by atoms with Gasteiger partial charge in [-0.15, -0.1) is 0 Å². The molecule has 2 bridgehead atoms. The van der Waals surface area contributed by atoms with E-state index in [4.69, 9.17) is 4.42 Å². The van der Waals surface area contributed by atoms with Crippen molar-refractivity contribution < 1.29 is 9.21 Å². The number of carbonyl (C=O) groups excluding carboxylic acids is 1. The molecule has 5 heterocycles. The molecule has 0 atom stereocenters. The third kappa shape index (κ3) is 1.94. The summed E-state index contributed by atoms with van der Waals surface area (Å²) in [5, 5.41) is 0.887. The van der Waals surface area contributed by atoms with Crippen molar-refractivity contribution in [3.05, 3.63) is 30.3 Å². The van der Waals surface area contributed by atoms with E-state index >= 15 is 0 Å². The van der Waals surface area contributed by atoms with E-state index in [9.17, 15) is 4.79 Å². The Morgan fingerprint density at radius 3 is 3.00 bits per heavy atom. The standard InChI is InChI=1S/C15H15N3O2/c19-15(12-7-11-3-6-20-14(11)8-16-12)17-13-9-18-4-1-10(13)2-5-18/h3,6-8,10H,1-2,4-5,9H2/b17-13+. The van der Waals surface area contributed by atoms with Gasteiger partial charge in [0.25, 0.3) is 5.91 Å². The second-order valence-corrected chi connectivity index (χ2v) is 5.49. The number of hydrogen-bond acceptors (Lipinski definition) is 4. The molecule has 5 rings (SSSR count). The Hall–Kier alpha value is -2.01. The minimum absolute atomic E-state index is 0.239. The van der Waals surface area contributed by atoms with E-state index in [1.165, 1.54) is 0 Å². The molecular formula is C15H15N3O2. The fourth-order valence-electron chi connectivity index (χ4n) is 3.08. The number of carbonyl (C=O) groups is 1. The zero-order chi connectivity index (χ0) is 13.5. The van der Waals surface area contributed by atoms with Crippen LogP contribution in [0.4, 0.5) is 0 Å². The number of nitrogens with zero attached hydrogens (tertiary/aromatic N) is 3. The summed E-state index contributed by atoms with van der Waals surface area (Å²) in [6.45, 7) is 3.11. The Morgan fingerprint density at radius 1 is 1.40 bits per heavy atom. The summed E-state index contributed by atoms with van der Waals surface area (Å²) in [5.41, 5.74) is 2.11. The molecule has 2 aromatic rings. The first-order valence-electron chi connectivity index (χ1n) is 6.97. The highest BCUT2D eigenvalue weighted by atomic mass is 16.3. The maximum Gasteiger partial charge on any atom is 0.295 e. The highest BCUT2D eigenvalue weighted by molar-refractivity contribution is 6.05. The van der Waals surface area contributed by atoms with Crippen LogP contribution in [0.3, 0.4) is 0 Å². The summed E-state index contributed by atoms with van der Waals surface area (Å²) in [4.78, 5) is 23.1. The van der Waals surface area contributed by atoms with Gasteiger partial charge in [-0.1, -0.05) is 0 Å². The average molecular weight is 269 g/mol. The van der Waals surface area contributed by atoms with Crippen molar-refractivity contribution in [1.82, 2.24) is 9.88 Å². The molecule has 3 aliphatic heterocycles. The van der Waals surface area contributed by atoms with Gasteiger partial charge in [-0.3, -0.25) is 9.69 Å². The molecule has 5 nitrogen and oxygen atoms in total. The molecule has 0 N–H and O–H groups in total. The molecule has 0 aromatic carbocycles. The Bertz CT molecular complexity index is 696. The van der Waals surface area contributed by atoms with Gasteiger partial charge in [-0.2, -0.15) is 0 Å². The summed E-state index contributed by atoms with van der Waals surface area (Å²) in [7, 11) is 0. The lowest BCUT2D eigenvalue weighted by atomic mass is 9.86.